The molecular weight excluding hydrogens is 240 g/mol. The number of hydrogen-bond donors (Lipinski definition) is 1. The molecular formula is C13H22N6. The van der Waals surface area contributed by atoms with Gasteiger partial charge < -0.3 is 9.47 Å². The Kier molecular flexibility index (Phi) is 4.68. The molecule has 2 aromatic heterocycles. The number of likely N-dealkylation sites (N-methyl/N-ethyl adjacent to an activating group) is 1. The molecule has 104 valence electrons. The van der Waals surface area contributed by atoms with Gasteiger partial charge in [0, 0.05) is 18.8 Å². The first-order valence-corrected chi connectivity index (χ1v) is 6.68. The van der Waals surface area contributed by atoms with Gasteiger partial charge in [-0.1, -0.05) is 0 Å². The van der Waals surface area contributed by atoms with Gasteiger partial charge in [0.2, 0.25) is 0 Å². The Balaban J connectivity index is 1.68. The third kappa shape index (κ3) is 3.89. The van der Waals surface area contributed by atoms with Gasteiger partial charge in [-0.15, -0.1) is 10.2 Å². The molecule has 0 fully saturated rings. The minimum absolute atomic E-state index is 0.938. The van der Waals surface area contributed by atoms with E-state index in [0.29, 0.717) is 0 Å². The van der Waals surface area contributed by atoms with Gasteiger partial charge in [-0.05, 0) is 45.8 Å². The van der Waals surface area contributed by atoms with Crippen molar-refractivity contribution >= 4 is 0 Å². The number of nitrogens with one attached hydrogen (secondary N) is 1. The van der Waals surface area contributed by atoms with Crippen molar-refractivity contribution in [3.05, 3.63) is 29.6 Å². The Morgan fingerprint density at radius 1 is 1.21 bits per heavy atom. The Hall–Kier alpha value is -1.69. The highest BCUT2D eigenvalue weighted by atomic mass is 15.2. The fraction of sp³-hybridized carbons (Fsp3) is 0.615. The lowest BCUT2D eigenvalue weighted by molar-refractivity contribution is 0.314. The molecule has 0 saturated carbocycles. The van der Waals surface area contributed by atoms with Crippen LogP contribution in [0.5, 0.6) is 0 Å². The Morgan fingerprint density at radius 3 is 2.58 bits per heavy atom. The van der Waals surface area contributed by atoms with Crippen LogP contribution in [-0.2, 0) is 13.0 Å². The van der Waals surface area contributed by atoms with Gasteiger partial charge in [0.05, 0.1) is 5.69 Å². The van der Waals surface area contributed by atoms with Crippen molar-refractivity contribution < 1.29 is 0 Å². The monoisotopic (exact) mass is 262 g/mol. The van der Waals surface area contributed by atoms with Crippen LogP contribution in [0.1, 0.15) is 23.4 Å². The third-order valence-electron chi connectivity index (χ3n) is 3.45. The Bertz CT molecular complexity index is 468. The van der Waals surface area contributed by atoms with E-state index in [-0.39, 0.29) is 0 Å². The quantitative estimate of drug-likeness (QED) is 0.814. The molecule has 0 amide bonds. The van der Waals surface area contributed by atoms with Crippen molar-refractivity contribution in [2.24, 2.45) is 0 Å². The fourth-order valence-electron chi connectivity index (χ4n) is 2.20. The summed E-state index contributed by atoms with van der Waals surface area (Å²) >= 11 is 0. The summed E-state index contributed by atoms with van der Waals surface area (Å²) < 4.78 is 2.00. The summed E-state index contributed by atoms with van der Waals surface area (Å²) in [6.45, 7) is 7.19. The highest BCUT2D eigenvalue weighted by Gasteiger charge is 2.06. The van der Waals surface area contributed by atoms with Crippen molar-refractivity contribution in [3.63, 3.8) is 0 Å². The van der Waals surface area contributed by atoms with Crippen LogP contribution in [0.3, 0.4) is 0 Å². The molecule has 2 rings (SSSR count). The number of aromatic nitrogens is 5. The molecule has 0 saturated heterocycles. The average Bonchev–Trinajstić information content (AvgIpc) is 3.00. The number of hydrogen-bond acceptors (Lipinski definition) is 4. The van der Waals surface area contributed by atoms with Crippen molar-refractivity contribution in [2.75, 3.05) is 20.1 Å². The van der Waals surface area contributed by atoms with Crippen LogP contribution in [0.4, 0.5) is 0 Å². The van der Waals surface area contributed by atoms with Crippen LogP contribution < -0.4 is 0 Å². The summed E-state index contributed by atoms with van der Waals surface area (Å²) in [5, 5.41) is 14.9. The number of aromatic amines is 1. The second-order valence-corrected chi connectivity index (χ2v) is 5.02. The van der Waals surface area contributed by atoms with E-state index >= 15 is 0 Å². The van der Waals surface area contributed by atoms with Crippen LogP contribution >= 0.6 is 0 Å². The van der Waals surface area contributed by atoms with Crippen LogP contribution in [0.25, 0.3) is 0 Å². The summed E-state index contributed by atoms with van der Waals surface area (Å²) in [5.41, 5.74) is 3.70. The van der Waals surface area contributed by atoms with E-state index in [1.807, 2.05) is 4.57 Å². The molecule has 0 aromatic carbocycles. The van der Waals surface area contributed by atoms with Crippen LogP contribution in [0.2, 0.25) is 0 Å². The van der Waals surface area contributed by atoms with E-state index in [2.05, 4.69) is 46.2 Å². The van der Waals surface area contributed by atoms with Crippen LogP contribution in [-0.4, -0.2) is 50.0 Å². The molecule has 0 aliphatic rings. The maximum Gasteiger partial charge on any atom is 0.119 e. The molecule has 0 atom stereocenters. The summed E-state index contributed by atoms with van der Waals surface area (Å²) in [4.78, 5) is 2.34. The predicted octanol–water partition coefficient (Wildman–Crippen LogP) is 1.18. The molecule has 0 bridgehead atoms. The second kappa shape index (κ2) is 6.47. The minimum Gasteiger partial charge on any atom is -0.319 e. The number of H-pyrrole nitrogens is 1. The predicted molar refractivity (Wildman–Crippen MR) is 73.9 cm³/mol. The summed E-state index contributed by atoms with van der Waals surface area (Å²) in [6.07, 6.45) is 5.75. The van der Waals surface area contributed by atoms with Crippen molar-refractivity contribution in [1.29, 1.82) is 0 Å². The van der Waals surface area contributed by atoms with E-state index in [0.717, 1.165) is 38.2 Å². The molecule has 0 unspecified atom stereocenters. The summed E-state index contributed by atoms with van der Waals surface area (Å²) in [6, 6.07) is 0. The zero-order chi connectivity index (χ0) is 13.7. The lowest BCUT2D eigenvalue weighted by Crippen LogP contribution is -2.24. The van der Waals surface area contributed by atoms with E-state index in [1.165, 1.54) is 11.3 Å². The van der Waals surface area contributed by atoms with E-state index in [9.17, 15) is 0 Å². The zero-order valence-electron chi connectivity index (χ0n) is 11.9. The Morgan fingerprint density at radius 2 is 1.95 bits per heavy atom. The van der Waals surface area contributed by atoms with Gasteiger partial charge in [-0.3, -0.25) is 5.10 Å². The number of aryl methyl sites for hydroxylation is 2. The first-order valence-electron chi connectivity index (χ1n) is 6.68. The lowest BCUT2D eigenvalue weighted by atomic mass is 10.1. The van der Waals surface area contributed by atoms with E-state index in [4.69, 9.17) is 0 Å². The first kappa shape index (κ1) is 13.7. The highest BCUT2D eigenvalue weighted by Crippen LogP contribution is 2.11. The lowest BCUT2D eigenvalue weighted by Gasteiger charge is -2.16. The Labute approximate surface area is 113 Å². The molecule has 0 spiro atoms. The standard InChI is InChI=1S/C13H22N6/c1-11-13(12(2)17-16-11)5-4-6-18(3)7-8-19-9-14-15-10-19/h9-10H,4-8H2,1-3H3,(H,16,17). The zero-order valence-corrected chi connectivity index (χ0v) is 11.9. The van der Waals surface area contributed by atoms with Crippen molar-refractivity contribution in [3.8, 4) is 0 Å². The average molecular weight is 262 g/mol. The van der Waals surface area contributed by atoms with Gasteiger partial charge in [-0.2, -0.15) is 5.10 Å². The topological polar surface area (TPSA) is 62.6 Å². The van der Waals surface area contributed by atoms with Gasteiger partial charge in [-0.25, -0.2) is 0 Å². The fourth-order valence-corrected chi connectivity index (χ4v) is 2.20. The molecule has 2 aromatic rings. The first-order chi connectivity index (χ1) is 9.16. The summed E-state index contributed by atoms with van der Waals surface area (Å²) in [5.74, 6) is 0. The minimum atomic E-state index is 0.938. The van der Waals surface area contributed by atoms with Gasteiger partial charge in [0.25, 0.3) is 0 Å². The van der Waals surface area contributed by atoms with Crippen LogP contribution in [0.15, 0.2) is 12.7 Å². The normalized spacial score (nSPS) is 11.4. The third-order valence-corrected chi connectivity index (χ3v) is 3.45. The van der Waals surface area contributed by atoms with Crippen molar-refractivity contribution in [2.45, 2.75) is 33.2 Å². The maximum absolute atomic E-state index is 4.23. The van der Waals surface area contributed by atoms with E-state index < -0.39 is 0 Å². The molecule has 6 nitrogen and oxygen atoms in total. The molecule has 0 aliphatic carbocycles. The smallest absolute Gasteiger partial charge is 0.119 e. The molecule has 19 heavy (non-hydrogen) atoms. The van der Waals surface area contributed by atoms with Crippen LogP contribution in [0, 0.1) is 13.8 Å². The molecule has 2 heterocycles. The van der Waals surface area contributed by atoms with Gasteiger partial charge in [0.1, 0.15) is 12.7 Å². The highest BCUT2D eigenvalue weighted by molar-refractivity contribution is 5.23. The van der Waals surface area contributed by atoms with Gasteiger partial charge >= 0.3 is 0 Å². The molecule has 1 N–H and O–H groups in total. The number of nitrogens with zero attached hydrogens (tertiary/aromatic N) is 5. The molecule has 0 aliphatic heterocycles. The van der Waals surface area contributed by atoms with E-state index in [1.54, 1.807) is 12.7 Å². The number of rotatable bonds is 7. The SMILES string of the molecule is Cc1n[nH]c(C)c1CCCN(C)CCn1cnnc1. The molecule has 0 radical (unpaired) electrons. The van der Waals surface area contributed by atoms with Crippen molar-refractivity contribution in [1.82, 2.24) is 29.9 Å². The molecule has 6 heteroatoms. The maximum atomic E-state index is 4.23. The summed E-state index contributed by atoms with van der Waals surface area (Å²) in [7, 11) is 2.15. The second-order valence-electron chi connectivity index (χ2n) is 5.02. The van der Waals surface area contributed by atoms with Gasteiger partial charge in [0.15, 0.2) is 0 Å². The largest absolute Gasteiger partial charge is 0.319 e.